The average molecular weight is 420 g/mol. The number of amides is 1. The van der Waals surface area contributed by atoms with Crippen LogP contribution in [0.1, 0.15) is 53.1 Å². The van der Waals surface area contributed by atoms with Crippen LogP contribution in [0.2, 0.25) is 5.02 Å². The van der Waals surface area contributed by atoms with Gasteiger partial charge in [0.2, 0.25) is 0 Å². The normalized spacial score (nSPS) is 15.8. The van der Waals surface area contributed by atoms with E-state index in [1.165, 1.54) is 4.70 Å². The summed E-state index contributed by atoms with van der Waals surface area (Å²) in [6.07, 6.45) is 2.83. The summed E-state index contributed by atoms with van der Waals surface area (Å²) in [6, 6.07) is 5.87. The van der Waals surface area contributed by atoms with Gasteiger partial charge in [0.1, 0.15) is 5.69 Å². The Kier molecular flexibility index (Phi) is 5.48. The SMILES string of the molecule is CC(C)Cc1nc(C(=O)N2CCC(c3nc4cc(Cl)ccc4s3)CC2)cs1. The van der Waals surface area contributed by atoms with Crippen LogP contribution >= 0.6 is 34.3 Å². The number of carbonyl (C=O) groups is 1. The second-order valence-corrected chi connectivity index (χ2v) is 9.90. The van der Waals surface area contributed by atoms with Crippen molar-refractivity contribution in [2.75, 3.05) is 13.1 Å². The van der Waals surface area contributed by atoms with Crippen molar-refractivity contribution in [3.63, 3.8) is 0 Å². The minimum absolute atomic E-state index is 0.0655. The highest BCUT2D eigenvalue weighted by Crippen LogP contribution is 2.35. The van der Waals surface area contributed by atoms with Gasteiger partial charge in [-0.2, -0.15) is 0 Å². The summed E-state index contributed by atoms with van der Waals surface area (Å²) in [4.78, 5) is 24.0. The summed E-state index contributed by atoms with van der Waals surface area (Å²) in [5.41, 5.74) is 1.57. The van der Waals surface area contributed by atoms with Crippen LogP contribution in [0, 0.1) is 5.92 Å². The van der Waals surface area contributed by atoms with Gasteiger partial charge in [0.15, 0.2) is 0 Å². The first-order valence-corrected chi connectivity index (χ1v) is 11.4. The van der Waals surface area contributed by atoms with E-state index < -0.39 is 0 Å². The molecule has 142 valence electrons. The summed E-state index contributed by atoms with van der Waals surface area (Å²) < 4.78 is 1.17. The minimum Gasteiger partial charge on any atom is -0.337 e. The third kappa shape index (κ3) is 4.18. The summed E-state index contributed by atoms with van der Waals surface area (Å²) in [5.74, 6) is 1.03. The van der Waals surface area contributed by atoms with Crippen LogP contribution in [0.15, 0.2) is 23.6 Å². The molecule has 1 saturated heterocycles. The van der Waals surface area contributed by atoms with Gasteiger partial charge in [0.05, 0.1) is 20.2 Å². The number of hydrogen-bond acceptors (Lipinski definition) is 5. The molecule has 4 rings (SSSR count). The highest BCUT2D eigenvalue weighted by atomic mass is 35.5. The third-order valence-electron chi connectivity index (χ3n) is 4.85. The number of rotatable bonds is 4. The van der Waals surface area contributed by atoms with Gasteiger partial charge >= 0.3 is 0 Å². The molecule has 0 bridgehead atoms. The molecule has 0 N–H and O–H groups in total. The lowest BCUT2D eigenvalue weighted by atomic mass is 9.97. The van der Waals surface area contributed by atoms with Crippen LogP contribution in [0.3, 0.4) is 0 Å². The zero-order valence-electron chi connectivity index (χ0n) is 15.4. The first-order valence-electron chi connectivity index (χ1n) is 9.29. The van der Waals surface area contributed by atoms with Gasteiger partial charge in [-0.15, -0.1) is 22.7 Å². The molecule has 0 atom stereocenters. The number of thiazole rings is 2. The predicted octanol–water partition coefficient (Wildman–Crippen LogP) is 5.62. The maximum Gasteiger partial charge on any atom is 0.273 e. The van der Waals surface area contributed by atoms with Gasteiger partial charge in [-0.3, -0.25) is 4.79 Å². The standard InChI is InChI=1S/C20H22ClN3OS2/c1-12(2)9-18-22-16(11-26-18)20(25)24-7-5-13(6-8-24)19-23-15-10-14(21)3-4-17(15)27-19/h3-4,10-13H,5-9H2,1-2H3. The molecule has 2 aromatic heterocycles. The van der Waals surface area contributed by atoms with Crippen LogP contribution in [0.5, 0.6) is 0 Å². The largest absolute Gasteiger partial charge is 0.337 e. The van der Waals surface area contributed by atoms with Crippen molar-refractivity contribution in [1.29, 1.82) is 0 Å². The molecule has 0 saturated carbocycles. The number of hydrogen-bond donors (Lipinski definition) is 0. The molecule has 0 unspecified atom stereocenters. The molecule has 4 nitrogen and oxygen atoms in total. The quantitative estimate of drug-likeness (QED) is 0.550. The summed E-state index contributed by atoms with van der Waals surface area (Å²) >= 11 is 9.41. The van der Waals surface area contributed by atoms with E-state index >= 15 is 0 Å². The molecular formula is C20H22ClN3OS2. The molecule has 3 heterocycles. The molecule has 1 fully saturated rings. The molecule has 1 amide bonds. The Morgan fingerprint density at radius 1 is 1.30 bits per heavy atom. The number of piperidine rings is 1. The zero-order valence-corrected chi connectivity index (χ0v) is 17.8. The van der Waals surface area contributed by atoms with E-state index in [2.05, 4.69) is 18.8 Å². The van der Waals surface area contributed by atoms with E-state index in [1.807, 2.05) is 28.5 Å². The zero-order chi connectivity index (χ0) is 19.0. The van der Waals surface area contributed by atoms with Crippen molar-refractivity contribution in [3.05, 3.63) is 44.3 Å². The lowest BCUT2D eigenvalue weighted by molar-refractivity contribution is 0.0707. The number of aromatic nitrogens is 2. The Labute approximate surface area is 172 Å². The fourth-order valence-electron chi connectivity index (χ4n) is 3.44. The molecule has 27 heavy (non-hydrogen) atoms. The molecule has 0 spiro atoms. The average Bonchev–Trinajstić information content (AvgIpc) is 3.27. The molecule has 3 aromatic rings. The van der Waals surface area contributed by atoms with Crippen LogP contribution in [-0.4, -0.2) is 33.9 Å². The van der Waals surface area contributed by atoms with E-state index in [0.717, 1.165) is 52.9 Å². The second kappa shape index (κ2) is 7.86. The highest BCUT2D eigenvalue weighted by molar-refractivity contribution is 7.18. The summed E-state index contributed by atoms with van der Waals surface area (Å²) in [6.45, 7) is 5.86. The Morgan fingerprint density at radius 3 is 2.81 bits per heavy atom. The topological polar surface area (TPSA) is 46.1 Å². The predicted molar refractivity (Wildman–Crippen MR) is 113 cm³/mol. The highest BCUT2D eigenvalue weighted by Gasteiger charge is 2.27. The van der Waals surface area contributed by atoms with Gasteiger partial charge in [-0.1, -0.05) is 25.4 Å². The molecular weight excluding hydrogens is 398 g/mol. The van der Waals surface area contributed by atoms with Gasteiger partial charge in [0, 0.05) is 35.8 Å². The number of benzene rings is 1. The van der Waals surface area contributed by atoms with Crippen LogP contribution in [0.4, 0.5) is 0 Å². The summed E-state index contributed by atoms with van der Waals surface area (Å²) in [5, 5.41) is 4.84. The molecule has 1 aliphatic rings. The van der Waals surface area contributed by atoms with Crippen LogP contribution in [-0.2, 0) is 6.42 Å². The lowest BCUT2D eigenvalue weighted by Gasteiger charge is -2.30. The molecule has 1 aliphatic heterocycles. The van der Waals surface area contributed by atoms with E-state index in [1.54, 1.807) is 22.7 Å². The van der Waals surface area contributed by atoms with E-state index in [0.29, 0.717) is 17.5 Å². The fourth-order valence-corrected chi connectivity index (χ4v) is 5.70. The van der Waals surface area contributed by atoms with Crippen molar-refractivity contribution in [2.24, 2.45) is 5.92 Å². The van der Waals surface area contributed by atoms with Crippen molar-refractivity contribution in [3.8, 4) is 0 Å². The van der Waals surface area contributed by atoms with Crippen molar-refractivity contribution in [2.45, 2.75) is 39.0 Å². The van der Waals surface area contributed by atoms with E-state index in [-0.39, 0.29) is 5.91 Å². The molecule has 1 aromatic carbocycles. The van der Waals surface area contributed by atoms with Crippen molar-refractivity contribution < 1.29 is 4.79 Å². The molecule has 0 aliphatic carbocycles. The van der Waals surface area contributed by atoms with Gasteiger partial charge < -0.3 is 4.90 Å². The Balaban J connectivity index is 1.40. The number of carbonyl (C=O) groups excluding carboxylic acids is 1. The van der Waals surface area contributed by atoms with Crippen LogP contribution in [0.25, 0.3) is 10.2 Å². The Hall–Kier alpha value is -1.50. The van der Waals surface area contributed by atoms with Crippen molar-refractivity contribution in [1.82, 2.24) is 14.9 Å². The minimum atomic E-state index is 0.0655. The van der Waals surface area contributed by atoms with E-state index in [4.69, 9.17) is 16.6 Å². The van der Waals surface area contributed by atoms with Crippen LogP contribution < -0.4 is 0 Å². The Morgan fingerprint density at radius 2 is 2.07 bits per heavy atom. The third-order valence-corrected chi connectivity index (χ3v) is 7.16. The Bertz CT molecular complexity index is 957. The number of likely N-dealkylation sites (tertiary alicyclic amines) is 1. The molecule has 0 radical (unpaired) electrons. The smallest absolute Gasteiger partial charge is 0.273 e. The number of nitrogens with zero attached hydrogens (tertiary/aromatic N) is 3. The van der Waals surface area contributed by atoms with Gasteiger partial charge in [0.25, 0.3) is 5.91 Å². The maximum atomic E-state index is 12.8. The lowest BCUT2D eigenvalue weighted by Crippen LogP contribution is -2.38. The maximum absolute atomic E-state index is 12.8. The number of halogens is 1. The number of fused-ring (bicyclic) bond motifs is 1. The van der Waals surface area contributed by atoms with Gasteiger partial charge in [-0.05, 0) is 37.0 Å². The molecule has 7 heteroatoms. The van der Waals surface area contributed by atoms with Gasteiger partial charge in [-0.25, -0.2) is 9.97 Å². The monoisotopic (exact) mass is 419 g/mol. The fraction of sp³-hybridized carbons (Fsp3) is 0.450. The second-order valence-electron chi connectivity index (χ2n) is 7.46. The van der Waals surface area contributed by atoms with E-state index in [9.17, 15) is 4.79 Å². The van der Waals surface area contributed by atoms with Crippen molar-refractivity contribution >= 4 is 50.4 Å². The summed E-state index contributed by atoms with van der Waals surface area (Å²) in [7, 11) is 0. The first kappa shape index (κ1) is 18.8. The first-order chi connectivity index (χ1) is 13.0.